The lowest BCUT2D eigenvalue weighted by atomic mass is 9.97. The van der Waals surface area contributed by atoms with Crippen molar-refractivity contribution in [3.8, 4) is 11.5 Å². The Hall–Kier alpha value is -3.14. The van der Waals surface area contributed by atoms with Crippen LogP contribution in [-0.2, 0) is 35.0 Å². The molecule has 220 valence electrons. The average Bonchev–Trinajstić information content (AvgIpc) is 2.78. The van der Waals surface area contributed by atoms with Crippen LogP contribution in [0.3, 0.4) is 0 Å². The van der Waals surface area contributed by atoms with Gasteiger partial charge in [0.1, 0.15) is 18.2 Å². The predicted octanol–water partition coefficient (Wildman–Crippen LogP) is 4.98. The first-order chi connectivity index (χ1) is 17.8. The van der Waals surface area contributed by atoms with Gasteiger partial charge < -0.3 is 29.4 Å². The second-order valence-corrected chi connectivity index (χ2v) is 12.1. The van der Waals surface area contributed by atoms with Gasteiger partial charge in [0.2, 0.25) is 0 Å². The van der Waals surface area contributed by atoms with Gasteiger partial charge in [-0.2, -0.15) is 0 Å². The first-order valence-corrected chi connectivity index (χ1v) is 13.2. The lowest BCUT2D eigenvalue weighted by molar-refractivity contribution is -0.155. The highest BCUT2D eigenvalue weighted by Gasteiger charge is 2.29. The van der Waals surface area contributed by atoms with Crippen molar-refractivity contribution < 1.29 is 42.9 Å². The molecule has 39 heavy (non-hydrogen) atoms. The van der Waals surface area contributed by atoms with Gasteiger partial charge >= 0.3 is 24.1 Å². The Bertz CT molecular complexity index is 1000. The van der Waals surface area contributed by atoms with Gasteiger partial charge in [-0.1, -0.05) is 19.9 Å². The second-order valence-electron chi connectivity index (χ2n) is 12.1. The minimum Gasteiger partial charge on any atom is -0.458 e. The molecule has 2 N–H and O–H groups in total. The first-order valence-electron chi connectivity index (χ1n) is 13.2. The summed E-state index contributed by atoms with van der Waals surface area (Å²) in [5.74, 6) is -1.24. The minimum atomic E-state index is -1.06. The number of hydrogen-bond donors (Lipinski definition) is 1. The van der Waals surface area contributed by atoms with Crippen LogP contribution < -0.4 is 15.2 Å². The van der Waals surface area contributed by atoms with Crippen molar-refractivity contribution in [1.82, 2.24) is 0 Å². The van der Waals surface area contributed by atoms with Crippen molar-refractivity contribution in [1.29, 1.82) is 0 Å². The van der Waals surface area contributed by atoms with Gasteiger partial charge in [0, 0.05) is 0 Å². The zero-order chi connectivity index (χ0) is 30.1. The van der Waals surface area contributed by atoms with Crippen LogP contribution in [0.15, 0.2) is 18.2 Å². The molecule has 1 rings (SSSR count). The molecule has 0 saturated heterocycles. The fraction of sp³-hybridized carbons (Fsp3) is 0.655. The molecule has 0 aliphatic rings. The molecule has 0 aliphatic heterocycles. The summed E-state index contributed by atoms with van der Waals surface area (Å²) >= 11 is 0. The van der Waals surface area contributed by atoms with Gasteiger partial charge in [0.25, 0.3) is 0 Å². The van der Waals surface area contributed by atoms with Crippen LogP contribution in [0.1, 0.15) is 81.2 Å². The Kier molecular flexibility index (Phi) is 12.4. The molecule has 0 aromatic heterocycles. The molecule has 10 nitrogen and oxygen atoms in total. The van der Waals surface area contributed by atoms with Crippen molar-refractivity contribution in [2.24, 2.45) is 22.5 Å². The summed E-state index contributed by atoms with van der Waals surface area (Å²) in [6.45, 7) is 17.6. The zero-order valence-corrected chi connectivity index (χ0v) is 24.9. The van der Waals surface area contributed by atoms with Gasteiger partial charge in [0.15, 0.2) is 11.5 Å². The largest absolute Gasteiger partial charge is 0.508 e. The number of ether oxygens (including phenoxy) is 5. The minimum absolute atomic E-state index is 0.0389. The fourth-order valence-corrected chi connectivity index (χ4v) is 2.71. The molecule has 0 heterocycles. The number of benzene rings is 1. The maximum atomic E-state index is 12.6. The average molecular weight is 552 g/mol. The first kappa shape index (κ1) is 33.9. The van der Waals surface area contributed by atoms with Gasteiger partial charge in [-0.3, -0.25) is 14.4 Å². The van der Waals surface area contributed by atoms with E-state index in [1.165, 1.54) is 12.1 Å². The highest BCUT2D eigenvalue weighted by atomic mass is 16.7. The molecule has 0 unspecified atom stereocenters. The molecular weight excluding hydrogens is 506 g/mol. The zero-order valence-electron chi connectivity index (χ0n) is 24.9. The quantitative estimate of drug-likeness (QED) is 0.296. The van der Waals surface area contributed by atoms with E-state index in [2.05, 4.69) is 0 Å². The third-order valence-electron chi connectivity index (χ3n) is 5.56. The Balaban J connectivity index is 2.90. The Morgan fingerprint density at radius 1 is 0.795 bits per heavy atom. The molecule has 3 atom stereocenters. The van der Waals surface area contributed by atoms with Crippen molar-refractivity contribution in [3.63, 3.8) is 0 Å². The van der Waals surface area contributed by atoms with Crippen molar-refractivity contribution in [2.75, 3.05) is 6.61 Å². The number of nitrogens with two attached hydrogens (primary N) is 1. The topological polar surface area (TPSA) is 140 Å². The van der Waals surface area contributed by atoms with Crippen LogP contribution in [-0.4, -0.2) is 48.9 Å². The molecule has 10 heteroatoms. The van der Waals surface area contributed by atoms with E-state index in [-0.39, 0.29) is 24.5 Å². The maximum Gasteiger partial charge on any atom is 0.508 e. The van der Waals surface area contributed by atoms with Crippen LogP contribution in [0, 0.1) is 16.7 Å². The normalized spacial score (nSPS) is 14.2. The second kappa shape index (κ2) is 14.3. The highest BCUT2D eigenvalue weighted by Crippen LogP contribution is 2.33. The third kappa shape index (κ3) is 12.1. The summed E-state index contributed by atoms with van der Waals surface area (Å²) in [7, 11) is 0. The highest BCUT2D eigenvalue weighted by molar-refractivity contribution is 5.81. The van der Waals surface area contributed by atoms with Gasteiger partial charge in [0.05, 0.1) is 17.4 Å². The monoisotopic (exact) mass is 551 g/mol. The summed E-state index contributed by atoms with van der Waals surface area (Å²) < 4.78 is 26.6. The van der Waals surface area contributed by atoms with Crippen LogP contribution in [0.5, 0.6) is 11.5 Å². The van der Waals surface area contributed by atoms with E-state index in [0.29, 0.717) is 17.9 Å². The van der Waals surface area contributed by atoms with Crippen molar-refractivity contribution in [2.45, 2.75) is 100 Å². The van der Waals surface area contributed by atoms with Crippen LogP contribution in [0.25, 0.3) is 0 Å². The van der Waals surface area contributed by atoms with Gasteiger partial charge in [-0.15, -0.1) is 0 Å². The van der Waals surface area contributed by atoms with E-state index in [1.54, 1.807) is 61.5 Å². The lowest BCUT2D eigenvalue weighted by Gasteiger charge is -2.23. The molecule has 1 aromatic rings. The van der Waals surface area contributed by atoms with Gasteiger partial charge in [-0.05, 0) is 91.8 Å². The molecule has 0 spiro atoms. The molecular formula is C29H45NO9. The summed E-state index contributed by atoms with van der Waals surface area (Å²) in [6.07, 6.45) is -1.61. The van der Waals surface area contributed by atoms with Crippen molar-refractivity contribution in [3.05, 3.63) is 23.8 Å². The SMILES string of the molecule is CC(C)CCOC(=O)O[C@@H](C)[C@H](C)OC(=O)[C@@H](N)Cc1ccc(OC(=O)C(C)(C)C)c(OC(=O)C(C)(C)C)c1. The van der Waals surface area contributed by atoms with E-state index in [4.69, 9.17) is 29.4 Å². The number of carbonyl (C=O) groups is 4. The number of rotatable bonds is 11. The summed E-state index contributed by atoms with van der Waals surface area (Å²) in [4.78, 5) is 49.5. The van der Waals surface area contributed by atoms with Crippen LogP contribution >= 0.6 is 0 Å². The molecule has 0 saturated carbocycles. The van der Waals surface area contributed by atoms with Crippen molar-refractivity contribution >= 4 is 24.1 Å². The van der Waals surface area contributed by atoms with E-state index in [9.17, 15) is 19.2 Å². The maximum absolute atomic E-state index is 12.6. The van der Waals surface area contributed by atoms with Crippen LogP contribution in [0.2, 0.25) is 0 Å². The number of hydrogen-bond acceptors (Lipinski definition) is 10. The number of carbonyl (C=O) groups excluding carboxylic acids is 4. The Morgan fingerprint density at radius 2 is 1.31 bits per heavy atom. The van der Waals surface area contributed by atoms with E-state index in [0.717, 1.165) is 0 Å². The summed E-state index contributed by atoms with van der Waals surface area (Å²) in [5.41, 5.74) is 5.05. The summed E-state index contributed by atoms with van der Waals surface area (Å²) in [5, 5.41) is 0. The Labute approximate surface area is 231 Å². The molecule has 0 fully saturated rings. The molecule has 1 aromatic carbocycles. The molecule has 0 bridgehead atoms. The predicted molar refractivity (Wildman–Crippen MR) is 145 cm³/mol. The number of esters is 3. The van der Waals surface area contributed by atoms with E-state index < -0.39 is 53.1 Å². The smallest absolute Gasteiger partial charge is 0.458 e. The molecule has 0 radical (unpaired) electrons. The van der Waals surface area contributed by atoms with E-state index >= 15 is 0 Å². The molecule has 0 aliphatic carbocycles. The molecule has 0 amide bonds. The van der Waals surface area contributed by atoms with Crippen LogP contribution in [0.4, 0.5) is 4.79 Å². The Morgan fingerprint density at radius 3 is 1.82 bits per heavy atom. The summed E-state index contributed by atoms with van der Waals surface area (Å²) in [6, 6.07) is 3.55. The fourth-order valence-electron chi connectivity index (χ4n) is 2.71. The standard InChI is InChI=1S/C29H45NO9/c1-17(2)13-14-35-27(34)37-19(4)18(3)36-24(31)21(30)15-20-11-12-22(38-25(32)28(5,6)7)23(16-20)39-26(33)29(8,9)10/h11-12,16-19,21H,13-15,30H2,1-10H3/t18-,19-,21-/m0/s1. The van der Waals surface area contributed by atoms with Gasteiger partial charge in [-0.25, -0.2) is 4.79 Å². The van der Waals surface area contributed by atoms with E-state index in [1.807, 2.05) is 13.8 Å². The lowest BCUT2D eigenvalue weighted by Crippen LogP contribution is -2.39. The third-order valence-corrected chi connectivity index (χ3v) is 5.56.